The molecule has 156 valence electrons. The Hall–Kier alpha value is -3.19. The lowest BCUT2D eigenvalue weighted by atomic mass is 9.94. The molecule has 0 aliphatic heterocycles. The van der Waals surface area contributed by atoms with Crippen LogP contribution in [0.2, 0.25) is 0 Å². The number of hydrogen-bond acceptors (Lipinski definition) is 5. The van der Waals surface area contributed by atoms with Gasteiger partial charge in [-0.2, -0.15) is 0 Å². The van der Waals surface area contributed by atoms with E-state index < -0.39 is 11.5 Å². The van der Waals surface area contributed by atoms with Crippen LogP contribution in [0.3, 0.4) is 0 Å². The van der Waals surface area contributed by atoms with E-state index in [4.69, 9.17) is 5.73 Å². The number of rotatable bonds is 6. The molecule has 1 aromatic heterocycles. The molecule has 0 saturated heterocycles. The lowest BCUT2D eigenvalue weighted by Crippen LogP contribution is -2.48. The summed E-state index contributed by atoms with van der Waals surface area (Å²) < 4.78 is 0. The third-order valence-corrected chi connectivity index (χ3v) is 5.23. The molecule has 0 bridgehead atoms. The van der Waals surface area contributed by atoms with Crippen molar-refractivity contribution in [2.75, 3.05) is 11.1 Å². The largest absolute Gasteiger partial charge is 0.375 e. The van der Waals surface area contributed by atoms with E-state index in [1.54, 1.807) is 0 Å². The number of hydrogen-bond donors (Lipinski definition) is 3. The van der Waals surface area contributed by atoms with Crippen molar-refractivity contribution in [3.05, 3.63) is 65.5 Å². The first-order valence-electron chi connectivity index (χ1n) is 9.69. The van der Waals surface area contributed by atoms with Crippen LogP contribution in [0, 0.1) is 5.41 Å². The van der Waals surface area contributed by atoms with Crippen molar-refractivity contribution in [2.24, 2.45) is 5.41 Å². The second-order valence-corrected chi connectivity index (χ2v) is 8.99. The van der Waals surface area contributed by atoms with Gasteiger partial charge in [0.2, 0.25) is 11.8 Å². The molecule has 0 radical (unpaired) electrons. The summed E-state index contributed by atoms with van der Waals surface area (Å²) in [5, 5.41) is 8.20. The molecule has 0 unspecified atom stereocenters. The topological polar surface area (TPSA) is 97.1 Å². The van der Waals surface area contributed by atoms with Crippen LogP contribution in [-0.2, 0) is 16.0 Å². The van der Waals surface area contributed by atoms with Crippen LogP contribution < -0.4 is 16.4 Å². The van der Waals surface area contributed by atoms with Crippen LogP contribution in [0.1, 0.15) is 26.3 Å². The summed E-state index contributed by atoms with van der Waals surface area (Å²) in [5.41, 5.74) is 8.45. The van der Waals surface area contributed by atoms with Crippen LogP contribution in [0.5, 0.6) is 0 Å². The van der Waals surface area contributed by atoms with Crippen LogP contribution in [0.15, 0.2) is 60.0 Å². The fourth-order valence-corrected chi connectivity index (χ4v) is 3.38. The molecule has 4 N–H and O–H groups in total. The third kappa shape index (κ3) is 5.67. The molecule has 0 fully saturated rings. The Bertz CT molecular complexity index is 1010. The number of nitrogens with two attached hydrogens (primary N) is 1. The van der Waals surface area contributed by atoms with E-state index in [9.17, 15) is 9.59 Å². The number of carbonyl (C=O) groups excluding carboxylic acids is 2. The number of amides is 2. The van der Waals surface area contributed by atoms with Crippen molar-refractivity contribution in [1.29, 1.82) is 0 Å². The maximum Gasteiger partial charge on any atom is 0.247 e. The number of nitrogens with zero attached hydrogens (tertiary/aromatic N) is 1. The minimum atomic E-state index is -0.683. The molecule has 7 heteroatoms. The number of benzene rings is 2. The zero-order chi connectivity index (χ0) is 21.7. The molecule has 3 rings (SSSR count). The second kappa shape index (κ2) is 9.09. The normalized spacial score (nSPS) is 12.2. The van der Waals surface area contributed by atoms with Crippen LogP contribution in [0.4, 0.5) is 10.8 Å². The molecule has 1 atom stereocenters. The fraction of sp³-hybridized carbons (Fsp3) is 0.261. The molecular weight excluding hydrogens is 396 g/mol. The Balaban J connectivity index is 1.74. The molecular formula is C23H26N4O2S. The first-order valence-corrected chi connectivity index (χ1v) is 10.6. The summed E-state index contributed by atoms with van der Waals surface area (Å²) >= 11 is 1.38. The number of nitrogens with one attached hydrogen (secondary N) is 2. The Morgan fingerprint density at radius 2 is 1.73 bits per heavy atom. The Kier molecular flexibility index (Phi) is 6.52. The van der Waals surface area contributed by atoms with Gasteiger partial charge in [-0.25, -0.2) is 4.98 Å². The van der Waals surface area contributed by atoms with Gasteiger partial charge in [-0.3, -0.25) is 9.59 Å². The van der Waals surface area contributed by atoms with E-state index in [1.807, 2.05) is 80.7 Å². The lowest BCUT2D eigenvalue weighted by Gasteiger charge is -2.24. The molecule has 0 spiro atoms. The van der Waals surface area contributed by atoms with Gasteiger partial charge in [-0.1, -0.05) is 63.2 Å². The predicted octanol–water partition coefficient (Wildman–Crippen LogP) is 4.10. The fourth-order valence-electron chi connectivity index (χ4n) is 2.81. The van der Waals surface area contributed by atoms with Crippen molar-refractivity contribution < 1.29 is 9.59 Å². The summed E-state index contributed by atoms with van der Waals surface area (Å²) in [5.74, 6) is -0.433. The summed E-state index contributed by atoms with van der Waals surface area (Å²) in [6, 6.07) is 16.3. The van der Waals surface area contributed by atoms with Crippen molar-refractivity contribution in [3.63, 3.8) is 0 Å². The molecule has 1 heterocycles. The van der Waals surface area contributed by atoms with Crippen molar-refractivity contribution in [3.8, 4) is 11.3 Å². The molecule has 0 saturated carbocycles. The van der Waals surface area contributed by atoms with Crippen molar-refractivity contribution in [2.45, 2.75) is 33.2 Å². The van der Waals surface area contributed by atoms with Crippen molar-refractivity contribution in [1.82, 2.24) is 10.3 Å². The molecule has 6 nitrogen and oxygen atoms in total. The highest BCUT2D eigenvalue weighted by atomic mass is 32.1. The molecule has 0 aliphatic rings. The monoisotopic (exact) mass is 422 g/mol. The summed E-state index contributed by atoms with van der Waals surface area (Å²) in [6.45, 7) is 5.47. The van der Waals surface area contributed by atoms with E-state index in [2.05, 4.69) is 15.6 Å². The van der Waals surface area contributed by atoms with Crippen molar-refractivity contribution >= 4 is 34.0 Å². The number of nitrogen functional groups attached to an aromatic ring is 1. The predicted molar refractivity (Wildman–Crippen MR) is 122 cm³/mol. The highest BCUT2D eigenvalue weighted by Crippen LogP contribution is 2.24. The third-order valence-electron chi connectivity index (χ3n) is 4.56. The number of anilines is 2. The number of thiazole rings is 1. The average molecular weight is 423 g/mol. The van der Waals surface area contributed by atoms with Gasteiger partial charge < -0.3 is 16.4 Å². The summed E-state index contributed by atoms with van der Waals surface area (Å²) in [7, 11) is 0. The molecule has 30 heavy (non-hydrogen) atoms. The highest BCUT2D eigenvalue weighted by molar-refractivity contribution is 7.13. The molecule has 2 amide bonds. The summed E-state index contributed by atoms with van der Waals surface area (Å²) in [4.78, 5) is 29.8. The van der Waals surface area contributed by atoms with Gasteiger partial charge in [0, 0.05) is 28.5 Å². The quantitative estimate of drug-likeness (QED) is 0.557. The minimum absolute atomic E-state index is 0.171. The second-order valence-electron chi connectivity index (χ2n) is 8.10. The molecule has 0 aliphatic carbocycles. The van der Waals surface area contributed by atoms with Gasteiger partial charge in [0.05, 0.1) is 5.69 Å². The SMILES string of the molecule is CC(C)(C)C(=O)N[C@@H](Cc1ccccc1)C(=O)Nc1ccc(-c2csc(N)n2)cc1. The molecule has 3 aromatic rings. The molecule has 2 aromatic carbocycles. The zero-order valence-electron chi connectivity index (χ0n) is 17.3. The lowest BCUT2D eigenvalue weighted by molar-refractivity contribution is -0.132. The van der Waals surface area contributed by atoms with E-state index in [-0.39, 0.29) is 11.8 Å². The minimum Gasteiger partial charge on any atom is -0.375 e. The van der Waals surface area contributed by atoms with Gasteiger partial charge in [-0.15, -0.1) is 11.3 Å². The first kappa shape index (κ1) is 21.5. The number of aromatic nitrogens is 1. The van der Waals surface area contributed by atoms with Gasteiger partial charge in [0.1, 0.15) is 6.04 Å². The standard InChI is InChI=1S/C23H26N4O2S/c1-23(2,3)21(29)26-18(13-15-7-5-4-6-8-15)20(28)25-17-11-9-16(10-12-17)19-14-30-22(24)27-19/h4-12,14,18H,13H2,1-3H3,(H2,24,27)(H,25,28)(H,26,29)/t18-/m0/s1. The van der Waals surface area contributed by atoms with E-state index >= 15 is 0 Å². The van der Waals surface area contributed by atoms with Gasteiger partial charge in [0.15, 0.2) is 5.13 Å². The maximum absolute atomic E-state index is 13.0. The maximum atomic E-state index is 13.0. The first-order chi connectivity index (χ1) is 14.2. The van der Waals surface area contributed by atoms with E-state index in [0.717, 1.165) is 16.8 Å². The summed E-state index contributed by atoms with van der Waals surface area (Å²) in [6.07, 6.45) is 0.407. The Morgan fingerprint density at radius 1 is 1.07 bits per heavy atom. The van der Waals surface area contributed by atoms with Crippen LogP contribution in [-0.4, -0.2) is 22.8 Å². The van der Waals surface area contributed by atoms with Crippen LogP contribution >= 0.6 is 11.3 Å². The average Bonchev–Trinajstić information content (AvgIpc) is 3.14. The zero-order valence-corrected chi connectivity index (χ0v) is 18.1. The van der Waals surface area contributed by atoms with E-state index in [0.29, 0.717) is 17.2 Å². The smallest absolute Gasteiger partial charge is 0.247 e. The highest BCUT2D eigenvalue weighted by Gasteiger charge is 2.27. The van der Waals surface area contributed by atoms with E-state index in [1.165, 1.54) is 11.3 Å². The van der Waals surface area contributed by atoms with Crippen LogP contribution in [0.25, 0.3) is 11.3 Å². The Labute approximate surface area is 180 Å². The van der Waals surface area contributed by atoms with Gasteiger partial charge in [0.25, 0.3) is 0 Å². The van der Waals surface area contributed by atoms with Gasteiger partial charge in [-0.05, 0) is 17.7 Å². The van der Waals surface area contributed by atoms with Gasteiger partial charge >= 0.3 is 0 Å². The number of carbonyl (C=O) groups is 2. The Morgan fingerprint density at radius 3 is 2.30 bits per heavy atom.